The summed E-state index contributed by atoms with van der Waals surface area (Å²) in [6.07, 6.45) is 18.3. The van der Waals surface area contributed by atoms with E-state index >= 15 is 0 Å². The fourth-order valence-corrected chi connectivity index (χ4v) is 4.18. The first-order valence-electron chi connectivity index (χ1n) is 9.77. The van der Waals surface area contributed by atoms with Gasteiger partial charge >= 0.3 is 0 Å². The topological polar surface area (TPSA) is 82.3 Å². The molecule has 0 saturated carbocycles. The molecule has 2 fully saturated rings. The Labute approximate surface area is 176 Å². The summed E-state index contributed by atoms with van der Waals surface area (Å²) < 4.78 is 0. The first-order chi connectivity index (χ1) is 13.5. The lowest BCUT2D eigenvalue weighted by molar-refractivity contribution is -0.120. The molecule has 4 N–H and O–H groups in total. The summed E-state index contributed by atoms with van der Waals surface area (Å²) in [7, 11) is 0. The second-order valence-corrected chi connectivity index (χ2v) is 8.25. The highest BCUT2D eigenvalue weighted by atomic mass is 32.1. The molecule has 0 radical (unpaired) electrons. The van der Waals surface area contributed by atoms with Crippen molar-refractivity contribution in [2.24, 2.45) is 11.8 Å². The number of thiocarbonyl (C=S) groups is 2. The standard InChI is InChI=1S/C10H14N2OS.C10H12N2OS/c2*13-9-8(11-10(14)12-9)6-7-4-2-1-3-5-7/h1-2,7-8H,3-6H2,(H2,11,12,13,14);1-2,6-7H,3-5H2,(H2,11,12,13,14)/b;8-6-. The Hall–Kier alpha value is -2.06. The molecule has 2 amide bonds. The van der Waals surface area contributed by atoms with Crippen molar-refractivity contribution in [2.45, 2.75) is 51.0 Å². The van der Waals surface area contributed by atoms with E-state index in [0.29, 0.717) is 27.8 Å². The molecule has 4 aliphatic rings. The van der Waals surface area contributed by atoms with E-state index in [1.54, 1.807) is 0 Å². The lowest BCUT2D eigenvalue weighted by Gasteiger charge is -2.19. The van der Waals surface area contributed by atoms with Crippen molar-refractivity contribution in [1.29, 1.82) is 0 Å². The number of amides is 2. The van der Waals surface area contributed by atoms with Gasteiger partial charge in [-0.15, -0.1) is 0 Å². The number of hydrogen-bond acceptors (Lipinski definition) is 4. The summed E-state index contributed by atoms with van der Waals surface area (Å²) in [5.41, 5.74) is 0.607. The molecule has 3 atom stereocenters. The van der Waals surface area contributed by atoms with Gasteiger partial charge in [0.2, 0.25) is 5.91 Å². The van der Waals surface area contributed by atoms with Gasteiger partial charge in [0.15, 0.2) is 10.2 Å². The van der Waals surface area contributed by atoms with Crippen molar-refractivity contribution in [3.05, 3.63) is 36.1 Å². The van der Waals surface area contributed by atoms with Crippen LogP contribution in [0.1, 0.15) is 44.9 Å². The first kappa shape index (κ1) is 20.7. The van der Waals surface area contributed by atoms with Gasteiger partial charge in [0.05, 0.1) is 0 Å². The molecule has 3 unspecified atom stereocenters. The summed E-state index contributed by atoms with van der Waals surface area (Å²) in [6, 6.07) is -0.0981. The van der Waals surface area contributed by atoms with Crippen LogP contribution < -0.4 is 21.3 Å². The number of nitrogens with one attached hydrogen (secondary N) is 4. The average Bonchev–Trinajstić information content (AvgIpc) is 3.17. The minimum atomic E-state index is -0.107. The zero-order valence-electron chi connectivity index (χ0n) is 15.7. The van der Waals surface area contributed by atoms with Crippen LogP contribution in [-0.4, -0.2) is 28.1 Å². The molecular formula is C20H26N4O2S2. The molecular weight excluding hydrogens is 392 g/mol. The maximum atomic E-state index is 11.4. The Morgan fingerprint density at radius 3 is 2.21 bits per heavy atom. The summed E-state index contributed by atoms with van der Waals surface area (Å²) in [4.78, 5) is 22.7. The summed E-state index contributed by atoms with van der Waals surface area (Å²) in [6.45, 7) is 0. The first-order valence-corrected chi connectivity index (χ1v) is 10.6. The Kier molecular flexibility index (Phi) is 7.33. The highest BCUT2D eigenvalue weighted by molar-refractivity contribution is 7.80. The molecule has 0 spiro atoms. The normalized spacial score (nSPS) is 30.3. The Balaban J connectivity index is 0.000000161. The average molecular weight is 419 g/mol. The molecule has 8 heteroatoms. The predicted molar refractivity (Wildman–Crippen MR) is 117 cm³/mol. The summed E-state index contributed by atoms with van der Waals surface area (Å²) in [5, 5.41) is 11.9. The Bertz CT molecular complexity index is 744. The molecule has 0 aromatic rings. The summed E-state index contributed by atoms with van der Waals surface area (Å²) >= 11 is 9.73. The van der Waals surface area contributed by atoms with E-state index in [1.165, 1.54) is 6.42 Å². The quantitative estimate of drug-likeness (QED) is 0.320. The molecule has 2 heterocycles. The van der Waals surface area contributed by atoms with Gasteiger partial charge in [-0.2, -0.15) is 0 Å². The van der Waals surface area contributed by atoms with Crippen molar-refractivity contribution in [2.75, 3.05) is 0 Å². The van der Waals surface area contributed by atoms with Gasteiger partial charge in [-0.3, -0.25) is 14.9 Å². The maximum absolute atomic E-state index is 11.4. The van der Waals surface area contributed by atoms with Gasteiger partial charge in [0.1, 0.15) is 11.7 Å². The van der Waals surface area contributed by atoms with E-state index in [-0.39, 0.29) is 17.9 Å². The fourth-order valence-electron chi connectivity index (χ4n) is 3.73. The van der Waals surface area contributed by atoms with E-state index in [0.717, 1.165) is 38.5 Å². The molecule has 28 heavy (non-hydrogen) atoms. The molecule has 6 nitrogen and oxygen atoms in total. The second-order valence-electron chi connectivity index (χ2n) is 7.43. The molecule has 2 aliphatic carbocycles. The fraction of sp³-hybridized carbons (Fsp3) is 0.500. The highest BCUT2D eigenvalue weighted by Crippen LogP contribution is 2.23. The lowest BCUT2D eigenvalue weighted by Crippen LogP contribution is -2.31. The van der Waals surface area contributed by atoms with Gasteiger partial charge in [0.25, 0.3) is 5.91 Å². The molecule has 2 aliphatic heterocycles. The zero-order chi connectivity index (χ0) is 19.9. The third-order valence-electron chi connectivity index (χ3n) is 5.24. The van der Waals surface area contributed by atoms with Crippen molar-refractivity contribution >= 4 is 46.5 Å². The molecule has 0 aromatic carbocycles. The van der Waals surface area contributed by atoms with Crippen molar-refractivity contribution < 1.29 is 9.59 Å². The van der Waals surface area contributed by atoms with Crippen LogP contribution in [0.25, 0.3) is 0 Å². The van der Waals surface area contributed by atoms with Crippen LogP contribution in [0.15, 0.2) is 36.1 Å². The van der Waals surface area contributed by atoms with Crippen molar-refractivity contribution in [3.63, 3.8) is 0 Å². The van der Waals surface area contributed by atoms with Crippen LogP contribution in [0.2, 0.25) is 0 Å². The van der Waals surface area contributed by atoms with E-state index in [2.05, 4.69) is 45.6 Å². The van der Waals surface area contributed by atoms with Crippen molar-refractivity contribution in [1.82, 2.24) is 21.3 Å². The van der Waals surface area contributed by atoms with E-state index in [4.69, 9.17) is 24.4 Å². The lowest BCUT2D eigenvalue weighted by atomic mass is 9.88. The van der Waals surface area contributed by atoms with Crippen molar-refractivity contribution in [3.8, 4) is 0 Å². The van der Waals surface area contributed by atoms with Gasteiger partial charge < -0.3 is 16.0 Å². The molecule has 0 aromatic heterocycles. The van der Waals surface area contributed by atoms with E-state index in [1.807, 2.05) is 6.08 Å². The smallest absolute Gasteiger partial charge is 0.273 e. The van der Waals surface area contributed by atoms with Gasteiger partial charge in [-0.05, 0) is 81.2 Å². The molecule has 0 bridgehead atoms. The summed E-state index contributed by atoms with van der Waals surface area (Å²) in [5.74, 6) is 1.02. The van der Waals surface area contributed by atoms with E-state index < -0.39 is 0 Å². The number of carbonyl (C=O) groups is 2. The number of carbonyl (C=O) groups excluding carboxylic acids is 2. The maximum Gasteiger partial charge on any atom is 0.273 e. The Morgan fingerprint density at radius 2 is 1.68 bits per heavy atom. The van der Waals surface area contributed by atoms with Crippen LogP contribution in [-0.2, 0) is 9.59 Å². The predicted octanol–water partition coefficient (Wildman–Crippen LogP) is 2.34. The van der Waals surface area contributed by atoms with Crippen LogP contribution >= 0.6 is 24.4 Å². The monoisotopic (exact) mass is 418 g/mol. The minimum Gasteiger partial charge on any atom is -0.351 e. The van der Waals surface area contributed by atoms with Crippen LogP contribution in [0.4, 0.5) is 0 Å². The van der Waals surface area contributed by atoms with Crippen LogP contribution in [0.3, 0.4) is 0 Å². The largest absolute Gasteiger partial charge is 0.351 e. The zero-order valence-corrected chi connectivity index (χ0v) is 17.3. The van der Waals surface area contributed by atoms with E-state index in [9.17, 15) is 9.59 Å². The third kappa shape index (κ3) is 5.97. The number of allylic oxidation sites excluding steroid dienone is 5. The SMILES string of the molecule is O=C1NC(=S)N/C1=C\C1CC=CCC1.O=C1NC(=S)NC1CC1CC=CCC1. The molecule has 4 rings (SSSR count). The van der Waals surface area contributed by atoms with Crippen LogP contribution in [0, 0.1) is 11.8 Å². The minimum absolute atomic E-state index is 0.0320. The highest BCUT2D eigenvalue weighted by Gasteiger charge is 2.29. The third-order valence-corrected chi connectivity index (χ3v) is 5.66. The van der Waals surface area contributed by atoms with Gasteiger partial charge in [-0.1, -0.05) is 30.4 Å². The molecule has 2 saturated heterocycles. The number of hydrogen-bond donors (Lipinski definition) is 4. The second kappa shape index (κ2) is 9.93. The van der Waals surface area contributed by atoms with Gasteiger partial charge in [-0.25, -0.2) is 0 Å². The number of rotatable bonds is 3. The van der Waals surface area contributed by atoms with Gasteiger partial charge in [0, 0.05) is 0 Å². The molecule has 150 valence electrons. The Morgan fingerprint density at radius 1 is 0.929 bits per heavy atom. The van der Waals surface area contributed by atoms with Crippen LogP contribution in [0.5, 0.6) is 0 Å².